The fraction of sp³-hybridized carbons (Fsp3) is 0.0370. The van der Waals surface area contributed by atoms with Crippen LogP contribution >= 0.6 is 0 Å². The van der Waals surface area contributed by atoms with Gasteiger partial charge in [-0.3, -0.25) is 19.7 Å². The number of nitrogens with one attached hydrogen (secondary N) is 2. The molecular formula is C27H21N3O5. The Balaban J connectivity index is 1.45. The Morgan fingerprint density at radius 2 is 1.43 bits per heavy atom. The highest BCUT2D eigenvalue weighted by atomic mass is 16.6. The quantitative estimate of drug-likeness (QED) is 0.248. The summed E-state index contributed by atoms with van der Waals surface area (Å²) >= 11 is 0. The monoisotopic (exact) mass is 467 g/mol. The van der Waals surface area contributed by atoms with Crippen molar-refractivity contribution in [3.63, 3.8) is 0 Å². The highest BCUT2D eigenvalue weighted by molar-refractivity contribution is 6.12. The molecule has 0 aliphatic heterocycles. The van der Waals surface area contributed by atoms with E-state index in [2.05, 4.69) is 10.6 Å². The van der Waals surface area contributed by atoms with Crippen LogP contribution in [0.2, 0.25) is 0 Å². The number of carbonyl (C=O) groups excluding carboxylic acids is 2. The van der Waals surface area contributed by atoms with Crippen LogP contribution in [-0.4, -0.2) is 16.7 Å². The zero-order chi connectivity index (χ0) is 24.8. The van der Waals surface area contributed by atoms with Crippen LogP contribution in [0, 0.1) is 17.0 Å². The molecule has 0 fully saturated rings. The van der Waals surface area contributed by atoms with Crippen LogP contribution in [-0.2, 0) is 0 Å². The molecule has 4 aromatic rings. The first-order valence-electron chi connectivity index (χ1n) is 10.7. The van der Waals surface area contributed by atoms with E-state index in [0.29, 0.717) is 17.2 Å². The lowest BCUT2D eigenvalue weighted by atomic mass is 10.1. The average Bonchev–Trinajstić information content (AvgIpc) is 2.87. The number of para-hydroxylation sites is 1. The van der Waals surface area contributed by atoms with Crippen molar-refractivity contribution < 1.29 is 19.2 Å². The van der Waals surface area contributed by atoms with Gasteiger partial charge in [-0.1, -0.05) is 35.9 Å². The summed E-state index contributed by atoms with van der Waals surface area (Å²) in [6, 6.07) is 26.5. The first-order chi connectivity index (χ1) is 16.9. The zero-order valence-corrected chi connectivity index (χ0v) is 18.7. The number of nitro benzene ring substituents is 1. The number of nitro groups is 1. The number of benzene rings is 4. The van der Waals surface area contributed by atoms with Crippen molar-refractivity contribution in [2.75, 3.05) is 10.6 Å². The summed E-state index contributed by atoms with van der Waals surface area (Å²) in [6.07, 6.45) is 0. The third kappa shape index (κ3) is 5.88. The first kappa shape index (κ1) is 23.2. The Hall–Kier alpha value is -4.98. The molecule has 8 heteroatoms. The summed E-state index contributed by atoms with van der Waals surface area (Å²) in [5.41, 5.74) is 2.12. The number of carbonyl (C=O) groups is 2. The Morgan fingerprint density at radius 1 is 0.771 bits per heavy atom. The van der Waals surface area contributed by atoms with Crippen molar-refractivity contribution in [3.8, 4) is 11.5 Å². The molecule has 0 radical (unpaired) electrons. The number of rotatable bonds is 7. The molecule has 8 nitrogen and oxygen atoms in total. The molecule has 0 heterocycles. The summed E-state index contributed by atoms with van der Waals surface area (Å²) in [4.78, 5) is 36.0. The fourth-order valence-electron chi connectivity index (χ4n) is 3.29. The molecule has 0 saturated carbocycles. The number of nitrogens with zero attached hydrogens (tertiary/aromatic N) is 1. The van der Waals surface area contributed by atoms with Crippen molar-refractivity contribution in [1.82, 2.24) is 0 Å². The van der Waals surface area contributed by atoms with Gasteiger partial charge in [0.15, 0.2) is 0 Å². The van der Waals surface area contributed by atoms with Crippen LogP contribution in [0.1, 0.15) is 26.3 Å². The maximum Gasteiger partial charge on any atom is 0.270 e. The largest absolute Gasteiger partial charge is 0.457 e. The highest BCUT2D eigenvalue weighted by Gasteiger charge is 2.16. The van der Waals surface area contributed by atoms with E-state index in [1.54, 1.807) is 48.5 Å². The number of hydrogen-bond donors (Lipinski definition) is 2. The molecule has 0 aromatic heterocycles. The highest BCUT2D eigenvalue weighted by Crippen LogP contribution is 2.24. The standard InChI is InChI=1S/C27H21N3O5/c1-18-9-13-22(14-10-18)35-23-15-11-20(12-16-23)28-27(32)24-7-2-3-8-25(24)29-26(31)19-5-4-6-21(17-19)30(33)34/h2-17H,1H3,(H,28,32)(H,29,31). The Labute approximate surface area is 201 Å². The number of non-ortho nitro benzene ring substituents is 1. The molecule has 0 atom stereocenters. The maximum atomic E-state index is 12.9. The minimum Gasteiger partial charge on any atom is -0.457 e. The molecule has 4 rings (SSSR count). The second kappa shape index (κ2) is 10.3. The Morgan fingerprint density at radius 3 is 2.11 bits per heavy atom. The number of hydrogen-bond acceptors (Lipinski definition) is 5. The number of amides is 2. The van der Waals surface area contributed by atoms with Crippen molar-refractivity contribution in [2.45, 2.75) is 6.92 Å². The zero-order valence-electron chi connectivity index (χ0n) is 18.7. The van der Waals surface area contributed by atoms with Gasteiger partial charge in [0.1, 0.15) is 11.5 Å². The second-order valence-electron chi connectivity index (χ2n) is 7.70. The van der Waals surface area contributed by atoms with Crippen LogP contribution in [0.3, 0.4) is 0 Å². The molecule has 0 spiro atoms. The SMILES string of the molecule is Cc1ccc(Oc2ccc(NC(=O)c3ccccc3NC(=O)c3cccc([N+](=O)[O-])c3)cc2)cc1. The first-order valence-corrected chi connectivity index (χ1v) is 10.7. The third-order valence-electron chi connectivity index (χ3n) is 5.11. The normalized spacial score (nSPS) is 10.3. The lowest BCUT2D eigenvalue weighted by Gasteiger charge is -2.12. The van der Waals surface area contributed by atoms with E-state index < -0.39 is 16.7 Å². The maximum absolute atomic E-state index is 12.9. The van der Waals surface area contributed by atoms with Crippen LogP contribution in [0.4, 0.5) is 17.1 Å². The van der Waals surface area contributed by atoms with Gasteiger partial charge in [-0.05, 0) is 61.5 Å². The lowest BCUT2D eigenvalue weighted by Crippen LogP contribution is -2.18. The lowest BCUT2D eigenvalue weighted by molar-refractivity contribution is -0.384. The molecule has 0 bridgehead atoms. The summed E-state index contributed by atoms with van der Waals surface area (Å²) in [5, 5.41) is 16.4. The molecule has 2 amide bonds. The van der Waals surface area contributed by atoms with Gasteiger partial charge in [0, 0.05) is 23.4 Å². The summed E-state index contributed by atoms with van der Waals surface area (Å²) in [5.74, 6) is 0.343. The minimum absolute atomic E-state index is 0.110. The Bertz CT molecular complexity index is 1380. The van der Waals surface area contributed by atoms with Crippen molar-refractivity contribution in [2.24, 2.45) is 0 Å². The second-order valence-corrected chi connectivity index (χ2v) is 7.70. The minimum atomic E-state index is -0.574. The van der Waals surface area contributed by atoms with E-state index in [0.717, 1.165) is 5.56 Å². The predicted octanol–water partition coefficient (Wildman–Crippen LogP) is 6.20. The smallest absolute Gasteiger partial charge is 0.270 e. The topological polar surface area (TPSA) is 111 Å². The van der Waals surface area contributed by atoms with Crippen molar-refractivity contribution >= 4 is 28.9 Å². The van der Waals surface area contributed by atoms with Gasteiger partial charge in [-0.2, -0.15) is 0 Å². The predicted molar refractivity (Wildman–Crippen MR) is 133 cm³/mol. The van der Waals surface area contributed by atoms with Gasteiger partial charge in [0.25, 0.3) is 17.5 Å². The molecule has 0 unspecified atom stereocenters. The van der Waals surface area contributed by atoms with Gasteiger partial charge in [-0.25, -0.2) is 0 Å². The molecule has 0 aliphatic rings. The van der Waals surface area contributed by atoms with Crippen LogP contribution in [0.25, 0.3) is 0 Å². The van der Waals surface area contributed by atoms with Crippen molar-refractivity contribution in [1.29, 1.82) is 0 Å². The van der Waals surface area contributed by atoms with E-state index >= 15 is 0 Å². The van der Waals surface area contributed by atoms with E-state index in [9.17, 15) is 19.7 Å². The number of anilines is 2. The van der Waals surface area contributed by atoms with Gasteiger partial charge >= 0.3 is 0 Å². The molecule has 2 N–H and O–H groups in total. The molecule has 174 valence electrons. The van der Waals surface area contributed by atoms with Gasteiger partial charge in [-0.15, -0.1) is 0 Å². The number of ether oxygens (including phenoxy) is 1. The molecule has 35 heavy (non-hydrogen) atoms. The summed E-state index contributed by atoms with van der Waals surface area (Å²) in [7, 11) is 0. The van der Waals surface area contributed by atoms with E-state index in [4.69, 9.17) is 4.74 Å². The van der Waals surface area contributed by atoms with Crippen LogP contribution < -0.4 is 15.4 Å². The van der Waals surface area contributed by atoms with Gasteiger partial charge in [0.2, 0.25) is 0 Å². The Kier molecular flexibility index (Phi) is 6.83. The molecule has 0 saturated heterocycles. The van der Waals surface area contributed by atoms with Gasteiger partial charge in [0.05, 0.1) is 16.2 Å². The average molecular weight is 467 g/mol. The van der Waals surface area contributed by atoms with Crippen LogP contribution in [0.15, 0.2) is 97.1 Å². The fourth-order valence-corrected chi connectivity index (χ4v) is 3.29. The van der Waals surface area contributed by atoms with E-state index in [1.165, 1.54) is 24.3 Å². The number of aryl methyl sites for hydroxylation is 1. The van der Waals surface area contributed by atoms with E-state index in [1.807, 2.05) is 31.2 Å². The van der Waals surface area contributed by atoms with Crippen LogP contribution in [0.5, 0.6) is 11.5 Å². The van der Waals surface area contributed by atoms with Gasteiger partial charge < -0.3 is 15.4 Å². The molecular weight excluding hydrogens is 446 g/mol. The molecule has 4 aromatic carbocycles. The summed E-state index contributed by atoms with van der Waals surface area (Å²) < 4.78 is 5.80. The van der Waals surface area contributed by atoms with E-state index in [-0.39, 0.29) is 22.5 Å². The summed E-state index contributed by atoms with van der Waals surface area (Å²) in [6.45, 7) is 2.00. The molecule has 0 aliphatic carbocycles. The van der Waals surface area contributed by atoms with Crippen molar-refractivity contribution in [3.05, 3.63) is 124 Å². The third-order valence-corrected chi connectivity index (χ3v) is 5.11.